The van der Waals surface area contributed by atoms with E-state index in [0.717, 1.165) is 10.6 Å². The van der Waals surface area contributed by atoms with Crippen LogP contribution in [0.4, 0.5) is 5.82 Å². The average molecular weight is 221 g/mol. The van der Waals surface area contributed by atoms with Crippen molar-refractivity contribution in [1.29, 1.82) is 0 Å². The van der Waals surface area contributed by atoms with Crippen molar-refractivity contribution in [2.45, 2.75) is 0 Å². The fourth-order valence-electron chi connectivity index (χ4n) is 1.17. The second-order valence-electron chi connectivity index (χ2n) is 2.93. The topological polar surface area (TPSA) is 58.0 Å². The highest BCUT2D eigenvalue weighted by Crippen LogP contribution is 2.22. The van der Waals surface area contributed by atoms with Gasteiger partial charge in [-0.15, -0.1) is 21.5 Å². The smallest absolute Gasteiger partial charge is 0.148 e. The summed E-state index contributed by atoms with van der Waals surface area (Å²) in [5.41, 5.74) is 0.875. The van der Waals surface area contributed by atoms with Gasteiger partial charge in [0, 0.05) is 6.54 Å². The molecule has 0 amide bonds. The SMILES string of the molecule is OCCNc1ccc(-c2cccs2)nn1. The van der Waals surface area contributed by atoms with Gasteiger partial charge in [0.2, 0.25) is 0 Å². The molecule has 0 fully saturated rings. The summed E-state index contributed by atoms with van der Waals surface area (Å²) < 4.78 is 0. The first-order valence-corrected chi connectivity index (χ1v) is 5.50. The number of nitrogens with one attached hydrogen (secondary N) is 1. The van der Waals surface area contributed by atoms with Crippen molar-refractivity contribution in [3.63, 3.8) is 0 Å². The lowest BCUT2D eigenvalue weighted by atomic mass is 10.3. The second kappa shape index (κ2) is 4.86. The van der Waals surface area contributed by atoms with E-state index >= 15 is 0 Å². The lowest BCUT2D eigenvalue weighted by Crippen LogP contribution is -2.07. The number of hydrogen-bond acceptors (Lipinski definition) is 5. The molecule has 0 saturated carbocycles. The first kappa shape index (κ1) is 10.1. The number of nitrogens with zero attached hydrogens (tertiary/aromatic N) is 2. The normalized spacial score (nSPS) is 10.2. The molecule has 2 heterocycles. The number of hydrogen-bond donors (Lipinski definition) is 2. The van der Waals surface area contributed by atoms with E-state index in [4.69, 9.17) is 5.11 Å². The van der Waals surface area contributed by atoms with Gasteiger partial charge in [0.1, 0.15) is 11.5 Å². The summed E-state index contributed by atoms with van der Waals surface area (Å²) in [6.45, 7) is 0.585. The fourth-order valence-corrected chi connectivity index (χ4v) is 1.86. The van der Waals surface area contributed by atoms with Crippen molar-refractivity contribution in [3.8, 4) is 10.6 Å². The Morgan fingerprint density at radius 1 is 1.27 bits per heavy atom. The number of thiophene rings is 1. The largest absolute Gasteiger partial charge is 0.395 e. The number of aliphatic hydroxyl groups is 1. The molecule has 0 atom stereocenters. The van der Waals surface area contributed by atoms with Crippen LogP contribution in [0.1, 0.15) is 0 Å². The average Bonchev–Trinajstić information content (AvgIpc) is 2.80. The Morgan fingerprint density at radius 3 is 2.80 bits per heavy atom. The first-order valence-electron chi connectivity index (χ1n) is 4.62. The lowest BCUT2D eigenvalue weighted by molar-refractivity contribution is 0.311. The molecule has 2 aromatic rings. The standard InChI is InChI=1S/C10H11N3OS/c14-6-5-11-10-4-3-8(12-13-10)9-2-1-7-15-9/h1-4,7,14H,5-6H2,(H,11,13). The van der Waals surface area contributed by atoms with Gasteiger partial charge in [0.15, 0.2) is 0 Å². The zero-order chi connectivity index (χ0) is 10.5. The molecular formula is C10H11N3OS. The van der Waals surface area contributed by atoms with Crippen molar-refractivity contribution in [3.05, 3.63) is 29.6 Å². The van der Waals surface area contributed by atoms with E-state index in [1.165, 1.54) is 0 Å². The minimum absolute atomic E-state index is 0.0916. The van der Waals surface area contributed by atoms with E-state index in [9.17, 15) is 0 Å². The molecule has 0 aliphatic carbocycles. The maximum absolute atomic E-state index is 8.62. The maximum atomic E-state index is 8.62. The summed E-state index contributed by atoms with van der Waals surface area (Å²) in [6.07, 6.45) is 0. The summed E-state index contributed by atoms with van der Waals surface area (Å²) in [7, 11) is 0. The molecule has 5 heteroatoms. The predicted molar refractivity (Wildman–Crippen MR) is 60.9 cm³/mol. The van der Waals surface area contributed by atoms with Crippen LogP contribution in [-0.4, -0.2) is 28.5 Å². The molecule has 0 aliphatic rings. The van der Waals surface area contributed by atoms with Crippen LogP contribution in [0.25, 0.3) is 10.6 Å². The summed E-state index contributed by atoms with van der Waals surface area (Å²) in [4.78, 5) is 1.11. The van der Waals surface area contributed by atoms with E-state index < -0.39 is 0 Å². The van der Waals surface area contributed by atoms with Crippen LogP contribution in [0, 0.1) is 0 Å². The predicted octanol–water partition coefficient (Wildman–Crippen LogP) is 1.61. The third kappa shape index (κ3) is 2.51. The molecule has 0 saturated heterocycles. The van der Waals surface area contributed by atoms with Crippen LogP contribution >= 0.6 is 11.3 Å². The van der Waals surface area contributed by atoms with Crippen LogP contribution in [0.15, 0.2) is 29.6 Å². The van der Waals surface area contributed by atoms with E-state index in [0.29, 0.717) is 12.4 Å². The van der Waals surface area contributed by atoms with Crippen LogP contribution in [-0.2, 0) is 0 Å². The highest BCUT2D eigenvalue weighted by Gasteiger charge is 2.00. The molecule has 0 aliphatic heterocycles. The Hall–Kier alpha value is -1.46. The van der Waals surface area contributed by atoms with Crippen molar-refractivity contribution >= 4 is 17.2 Å². The highest BCUT2D eigenvalue weighted by molar-refractivity contribution is 7.13. The number of anilines is 1. The zero-order valence-corrected chi connectivity index (χ0v) is 8.87. The Kier molecular flexibility index (Phi) is 3.26. The van der Waals surface area contributed by atoms with Gasteiger partial charge in [-0.25, -0.2) is 0 Å². The van der Waals surface area contributed by atoms with Crippen molar-refractivity contribution in [2.75, 3.05) is 18.5 Å². The Balaban J connectivity index is 2.11. The Morgan fingerprint density at radius 2 is 2.20 bits per heavy atom. The van der Waals surface area contributed by atoms with Crippen LogP contribution in [0.2, 0.25) is 0 Å². The summed E-state index contributed by atoms with van der Waals surface area (Å²) in [5.74, 6) is 0.685. The van der Waals surface area contributed by atoms with Gasteiger partial charge in [-0.05, 0) is 23.6 Å². The van der Waals surface area contributed by atoms with Gasteiger partial charge < -0.3 is 10.4 Å². The summed E-state index contributed by atoms with van der Waals surface area (Å²) >= 11 is 1.64. The summed E-state index contributed by atoms with van der Waals surface area (Å²) in [5, 5.41) is 21.7. The minimum Gasteiger partial charge on any atom is -0.395 e. The molecule has 0 unspecified atom stereocenters. The Bertz CT molecular complexity index is 399. The Labute approximate surface area is 91.6 Å². The highest BCUT2D eigenvalue weighted by atomic mass is 32.1. The summed E-state index contributed by atoms with van der Waals surface area (Å²) in [6, 6.07) is 7.77. The third-order valence-electron chi connectivity index (χ3n) is 1.86. The van der Waals surface area contributed by atoms with Crippen LogP contribution < -0.4 is 5.32 Å². The van der Waals surface area contributed by atoms with Gasteiger partial charge in [0.05, 0.1) is 11.5 Å². The van der Waals surface area contributed by atoms with Gasteiger partial charge in [0.25, 0.3) is 0 Å². The lowest BCUT2D eigenvalue weighted by Gasteiger charge is -2.02. The molecule has 2 rings (SSSR count). The quantitative estimate of drug-likeness (QED) is 0.823. The number of rotatable bonds is 4. The molecular weight excluding hydrogens is 210 g/mol. The monoisotopic (exact) mass is 221 g/mol. The number of aliphatic hydroxyl groups excluding tert-OH is 1. The van der Waals surface area contributed by atoms with Crippen LogP contribution in [0.3, 0.4) is 0 Å². The molecule has 0 bridgehead atoms. The maximum Gasteiger partial charge on any atom is 0.148 e. The van der Waals surface area contributed by atoms with E-state index in [1.807, 2.05) is 29.6 Å². The molecule has 0 spiro atoms. The third-order valence-corrected chi connectivity index (χ3v) is 2.75. The molecule has 0 radical (unpaired) electrons. The van der Waals surface area contributed by atoms with Gasteiger partial charge in [-0.2, -0.15) is 0 Å². The van der Waals surface area contributed by atoms with Crippen molar-refractivity contribution in [2.24, 2.45) is 0 Å². The number of aromatic nitrogens is 2. The van der Waals surface area contributed by atoms with Crippen molar-refractivity contribution in [1.82, 2.24) is 10.2 Å². The zero-order valence-electron chi connectivity index (χ0n) is 8.05. The van der Waals surface area contributed by atoms with Gasteiger partial charge >= 0.3 is 0 Å². The van der Waals surface area contributed by atoms with E-state index in [2.05, 4.69) is 15.5 Å². The van der Waals surface area contributed by atoms with E-state index in [1.54, 1.807) is 11.3 Å². The molecule has 0 aromatic carbocycles. The van der Waals surface area contributed by atoms with Crippen LogP contribution in [0.5, 0.6) is 0 Å². The van der Waals surface area contributed by atoms with Gasteiger partial charge in [-0.3, -0.25) is 0 Å². The molecule has 4 nitrogen and oxygen atoms in total. The van der Waals surface area contributed by atoms with Gasteiger partial charge in [-0.1, -0.05) is 6.07 Å². The van der Waals surface area contributed by atoms with E-state index in [-0.39, 0.29) is 6.61 Å². The fraction of sp³-hybridized carbons (Fsp3) is 0.200. The van der Waals surface area contributed by atoms with Crippen molar-refractivity contribution < 1.29 is 5.11 Å². The molecule has 2 aromatic heterocycles. The second-order valence-corrected chi connectivity index (χ2v) is 3.88. The minimum atomic E-state index is 0.0916. The molecule has 78 valence electrons. The molecule has 2 N–H and O–H groups in total. The molecule has 15 heavy (non-hydrogen) atoms. The first-order chi connectivity index (χ1) is 7.40.